The highest BCUT2D eigenvalue weighted by Gasteiger charge is 2.46. The summed E-state index contributed by atoms with van der Waals surface area (Å²) in [5.74, 6) is -1.10. The van der Waals surface area contributed by atoms with Crippen LogP contribution in [0.5, 0.6) is 0 Å². The van der Waals surface area contributed by atoms with Gasteiger partial charge in [0.25, 0.3) is 0 Å². The molecule has 2 amide bonds. The highest BCUT2D eigenvalue weighted by Crippen LogP contribution is 2.54. The zero-order valence-electron chi connectivity index (χ0n) is 14.9. The number of Topliss-reactive ketones (excluding diaryl/α,β-unsaturated/α-hetero) is 1. The molecule has 6 heteroatoms. The van der Waals surface area contributed by atoms with Crippen molar-refractivity contribution in [3.63, 3.8) is 0 Å². The molecule has 0 heterocycles. The highest BCUT2D eigenvalue weighted by molar-refractivity contribution is 6.30. The van der Waals surface area contributed by atoms with Crippen molar-refractivity contribution < 1.29 is 14.4 Å². The summed E-state index contributed by atoms with van der Waals surface area (Å²) in [4.78, 5) is 35.5. The Morgan fingerprint density at radius 1 is 1.24 bits per heavy atom. The van der Waals surface area contributed by atoms with E-state index < -0.39 is 5.92 Å². The summed E-state index contributed by atoms with van der Waals surface area (Å²) in [5.41, 5.74) is 0.955. The molecular weight excluding hydrogens is 340 g/mol. The molecule has 2 N–H and O–H groups in total. The first-order valence-electron chi connectivity index (χ1n) is 8.51. The lowest BCUT2D eigenvalue weighted by Gasteiger charge is -2.28. The maximum absolute atomic E-state index is 12.8. The van der Waals surface area contributed by atoms with Crippen molar-refractivity contribution in [2.24, 2.45) is 11.3 Å². The molecule has 0 spiro atoms. The van der Waals surface area contributed by atoms with E-state index in [0.717, 1.165) is 18.4 Å². The minimum atomic E-state index is -0.578. The summed E-state index contributed by atoms with van der Waals surface area (Å²) < 4.78 is 0. The SMILES string of the molecule is CC(=O)C[C@H](CNC(C)=O)C(=O)N[C@H](c1cccc(Cl)c1)C1(C)CC1. The predicted molar refractivity (Wildman–Crippen MR) is 97.1 cm³/mol. The lowest BCUT2D eigenvalue weighted by molar-refractivity contribution is -0.130. The second-order valence-electron chi connectivity index (χ2n) is 7.19. The Balaban J connectivity index is 2.16. The molecule has 0 unspecified atom stereocenters. The fraction of sp³-hybridized carbons (Fsp3) is 0.526. The van der Waals surface area contributed by atoms with Gasteiger partial charge in [-0.1, -0.05) is 30.7 Å². The Kier molecular flexibility index (Phi) is 6.22. The van der Waals surface area contributed by atoms with E-state index in [1.54, 1.807) is 6.07 Å². The van der Waals surface area contributed by atoms with Gasteiger partial charge in [-0.3, -0.25) is 9.59 Å². The normalized spacial score (nSPS) is 17.3. The van der Waals surface area contributed by atoms with Gasteiger partial charge in [0.15, 0.2) is 0 Å². The van der Waals surface area contributed by atoms with E-state index in [0.29, 0.717) is 5.02 Å². The Morgan fingerprint density at radius 3 is 2.44 bits per heavy atom. The molecule has 1 saturated carbocycles. The number of carbonyl (C=O) groups is 3. The first kappa shape index (κ1) is 19.4. The van der Waals surface area contributed by atoms with E-state index in [1.807, 2.05) is 18.2 Å². The predicted octanol–water partition coefficient (Wildman–Crippen LogP) is 3.03. The number of benzene rings is 1. The van der Waals surface area contributed by atoms with Crippen LogP contribution in [0.3, 0.4) is 0 Å². The smallest absolute Gasteiger partial charge is 0.225 e. The van der Waals surface area contributed by atoms with E-state index in [1.165, 1.54) is 13.8 Å². The van der Waals surface area contributed by atoms with E-state index in [-0.39, 0.29) is 42.0 Å². The van der Waals surface area contributed by atoms with Crippen molar-refractivity contribution in [1.82, 2.24) is 10.6 Å². The molecule has 0 radical (unpaired) electrons. The summed E-state index contributed by atoms with van der Waals surface area (Å²) in [5, 5.41) is 6.35. The molecule has 1 aromatic rings. The van der Waals surface area contributed by atoms with E-state index >= 15 is 0 Å². The standard InChI is InChI=1S/C19H25ClN2O3/c1-12(23)9-15(11-21-13(2)24)18(25)22-17(19(3)7-8-19)14-5-4-6-16(20)10-14/h4-6,10,15,17H,7-9,11H2,1-3H3,(H,21,24)(H,22,25)/t15-,17-/m1/s1. The second-order valence-corrected chi connectivity index (χ2v) is 7.63. The summed E-state index contributed by atoms with van der Waals surface area (Å²) in [6, 6.07) is 7.32. The van der Waals surface area contributed by atoms with E-state index in [2.05, 4.69) is 17.6 Å². The van der Waals surface area contributed by atoms with Crippen molar-refractivity contribution in [3.05, 3.63) is 34.9 Å². The van der Waals surface area contributed by atoms with Crippen molar-refractivity contribution in [2.75, 3.05) is 6.54 Å². The number of carbonyl (C=O) groups excluding carboxylic acids is 3. The molecule has 5 nitrogen and oxygen atoms in total. The first-order chi connectivity index (χ1) is 11.7. The molecule has 0 aliphatic heterocycles. The number of hydrogen-bond donors (Lipinski definition) is 2. The Bertz CT molecular complexity index is 670. The fourth-order valence-corrected chi connectivity index (χ4v) is 3.16. The number of nitrogens with one attached hydrogen (secondary N) is 2. The van der Waals surface area contributed by atoms with Gasteiger partial charge in [0.05, 0.1) is 12.0 Å². The summed E-state index contributed by atoms with van der Waals surface area (Å²) >= 11 is 6.11. The summed E-state index contributed by atoms with van der Waals surface area (Å²) in [6.07, 6.45) is 2.14. The Labute approximate surface area is 153 Å². The van der Waals surface area contributed by atoms with Gasteiger partial charge in [-0.05, 0) is 42.9 Å². The molecule has 1 aliphatic rings. The lowest BCUT2D eigenvalue weighted by Crippen LogP contribution is -2.42. The van der Waals surface area contributed by atoms with Crippen LogP contribution in [0, 0.1) is 11.3 Å². The topological polar surface area (TPSA) is 75.3 Å². The quantitative estimate of drug-likeness (QED) is 0.744. The number of hydrogen-bond acceptors (Lipinski definition) is 3. The van der Waals surface area contributed by atoms with E-state index in [4.69, 9.17) is 11.6 Å². The third-order valence-electron chi connectivity index (χ3n) is 4.71. The summed E-state index contributed by atoms with van der Waals surface area (Å²) in [7, 11) is 0. The maximum Gasteiger partial charge on any atom is 0.225 e. The average Bonchev–Trinajstić information content (AvgIpc) is 3.26. The van der Waals surface area contributed by atoms with Crippen LogP contribution in [0.2, 0.25) is 5.02 Å². The van der Waals surface area contributed by atoms with Crippen molar-refractivity contribution >= 4 is 29.2 Å². The molecule has 2 atom stereocenters. The molecule has 0 aromatic heterocycles. The number of ketones is 1. The molecule has 1 aliphatic carbocycles. The van der Waals surface area contributed by atoms with Gasteiger partial charge in [-0.25, -0.2) is 0 Å². The molecule has 1 fully saturated rings. The van der Waals surface area contributed by atoms with Gasteiger partial charge in [-0.15, -0.1) is 0 Å². The van der Waals surface area contributed by atoms with Crippen LogP contribution in [-0.4, -0.2) is 24.1 Å². The van der Waals surface area contributed by atoms with Crippen molar-refractivity contribution in [2.45, 2.75) is 46.1 Å². The zero-order chi connectivity index (χ0) is 18.6. The van der Waals surface area contributed by atoms with Gasteiger partial charge in [0, 0.05) is 24.9 Å². The molecular formula is C19H25ClN2O3. The third kappa shape index (κ3) is 5.56. The van der Waals surface area contributed by atoms with Gasteiger partial charge >= 0.3 is 0 Å². The molecule has 1 aromatic carbocycles. The molecule has 2 rings (SSSR count). The number of halogens is 1. The van der Waals surface area contributed by atoms with Crippen molar-refractivity contribution in [1.29, 1.82) is 0 Å². The lowest BCUT2D eigenvalue weighted by atomic mass is 9.90. The third-order valence-corrected chi connectivity index (χ3v) is 4.94. The van der Waals surface area contributed by atoms with E-state index in [9.17, 15) is 14.4 Å². The Hall–Kier alpha value is -1.88. The number of rotatable bonds is 8. The maximum atomic E-state index is 12.8. The van der Waals surface area contributed by atoms with Crippen LogP contribution in [0.1, 0.15) is 51.6 Å². The average molecular weight is 365 g/mol. The zero-order valence-corrected chi connectivity index (χ0v) is 15.7. The monoisotopic (exact) mass is 364 g/mol. The minimum absolute atomic E-state index is 0.00484. The summed E-state index contributed by atoms with van der Waals surface area (Å²) in [6.45, 7) is 5.12. The van der Waals surface area contributed by atoms with Crippen LogP contribution in [-0.2, 0) is 14.4 Å². The molecule has 25 heavy (non-hydrogen) atoms. The van der Waals surface area contributed by atoms with Crippen LogP contribution < -0.4 is 10.6 Å². The van der Waals surface area contributed by atoms with Crippen LogP contribution in [0.4, 0.5) is 0 Å². The Morgan fingerprint density at radius 2 is 1.92 bits per heavy atom. The molecule has 136 valence electrons. The second kappa shape index (κ2) is 8.00. The number of amides is 2. The molecule has 0 saturated heterocycles. The first-order valence-corrected chi connectivity index (χ1v) is 8.89. The van der Waals surface area contributed by atoms with Gasteiger partial charge in [0.1, 0.15) is 5.78 Å². The van der Waals surface area contributed by atoms with Gasteiger partial charge in [-0.2, -0.15) is 0 Å². The molecule has 0 bridgehead atoms. The van der Waals surface area contributed by atoms with Gasteiger partial charge < -0.3 is 15.4 Å². The minimum Gasteiger partial charge on any atom is -0.356 e. The fourth-order valence-electron chi connectivity index (χ4n) is 2.96. The van der Waals surface area contributed by atoms with Crippen LogP contribution >= 0.6 is 11.6 Å². The van der Waals surface area contributed by atoms with Gasteiger partial charge in [0.2, 0.25) is 11.8 Å². The van der Waals surface area contributed by atoms with Crippen LogP contribution in [0.25, 0.3) is 0 Å². The van der Waals surface area contributed by atoms with Crippen LogP contribution in [0.15, 0.2) is 24.3 Å². The van der Waals surface area contributed by atoms with Crippen molar-refractivity contribution in [3.8, 4) is 0 Å². The highest BCUT2D eigenvalue weighted by atomic mass is 35.5. The largest absolute Gasteiger partial charge is 0.356 e.